The van der Waals surface area contributed by atoms with E-state index >= 15 is 0 Å². The van der Waals surface area contributed by atoms with Crippen molar-refractivity contribution in [2.24, 2.45) is 23.5 Å². The van der Waals surface area contributed by atoms with E-state index < -0.39 is 12.0 Å². The molecule has 3 rings (SSSR count). The number of halogens is 2. The third kappa shape index (κ3) is 3.01. The average molecular weight is 342 g/mol. The molecule has 108 valence electrons. The molecule has 4 nitrogen and oxygen atoms in total. The second-order valence-electron chi connectivity index (χ2n) is 5.74. The monoisotopic (exact) mass is 341 g/mol. The molecule has 0 aromatic carbocycles. The Morgan fingerprint density at radius 3 is 2.45 bits per heavy atom. The van der Waals surface area contributed by atoms with Gasteiger partial charge < -0.3 is 11.1 Å². The Kier molecular flexibility index (Phi) is 3.77. The summed E-state index contributed by atoms with van der Waals surface area (Å²) in [6, 6.07) is 2.55. The fraction of sp³-hybridized carbons (Fsp3) is 0.571. The molecule has 0 bridgehead atoms. The van der Waals surface area contributed by atoms with Gasteiger partial charge in [-0.15, -0.1) is 0 Å². The van der Waals surface area contributed by atoms with E-state index in [1.165, 1.54) is 31.7 Å². The highest BCUT2D eigenvalue weighted by atomic mass is 79.9. The van der Waals surface area contributed by atoms with Crippen LogP contribution < -0.4 is 11.1 Å². The number of hydrogen-bond donors (Lipinski definition) is 2. The standard InChI is InChI=1S/C14H17BrFN3O/c15-9-5-6-10(18-13(9)16)19-14(20)12(17)11(7-1-2-7)8-3-4-8/h5-8,11-12H,1-4,17H2,(H,18,19,20)/t12-/m0/s1. The molecular formula is C14H17BrFN3O. The third-order valence-corrected chi connectivity index (χ3v) is 4.70. The van der Waals surface area contributed by atoms with E-state index in [0.29, 0.717) is 11.8 Å². The third-order valence-electron chi connectivity index (χ3n) is 4.10. The summed E-state index contributed by atoms with van der Waals surface area (Å²) in [6.45, 7) is 0. The van der Waals surface area contributed by atoms with Crippen molar-refractivity contribution in [3.05, 3.63) is 22.6 Å². The molecule has 1 aromatic heterocycles. The molecule has 1 atom stereocenters. The van der Waals surface area contributed by atoms with Gasteiger partial charge in [-0.05, 0) is 71.5 Å². The van der Waals surface area contributed by atoms with Crippen LogP contribution in [0.4, 0.5) is 10.2 Å². The number of hydrogen-bond acceptors (Lipinski definition) is 3. The van der Waals surface area contributed by atoms with Crippen LogP contribution in [-0.2, 0) is 4.79 Å². The second kappa shape index (κ2) is 5.41. The SMILES string of the molecule is N[C@H](C(=O)Nc1ccc(Br)c(F)n1)C(C1CC1)C1CC1. The number of nitrogens with zero attached hydrogens (tertiary/aromatic N) is 1. The fourth-order valence-corrected chi connectivity index (χ4v) is 3.03. The quantitative estimate of drug-likeness (QED) is 0.809. The summed E-state index contributed by atoms with van der Waals surface area (Å²) in [7, 11) is 0. The molecule has 2 saturated carbocycles. The van der Waals surface area contributed by atoms with Gasteiger partial charge in [0.1, 0.15) is 5.82 Å². The molecule has 2 fully saturated rings. The van der Waals surface area contributed by atoms with E-state index in [1.807, 2.05) is 0 Å². The summed E-state index contributed by atoms with van der Waals surface area (Å²) in [4.78, 5) is 15.9. The first-order valence-corrected chi connectivity index (χ1v) is 7.74. The lowest BCUT2D eigenvalue weighted by atomic mass is 9.89. The lowest BCUT2D eigenvalue weighted by molar-refractivity contribution is -0.118. The number of aromatic nitrogens is 1. The Morgan fingerprint density at radius 2 is 1.95 bits per heavy atom. The highest BCUT2D eigenvalue weighted by Gasteiger charge is 2.46. The van der Waals surface area contributed by atoms with Crippen LogP contribution in [0.5, 0.6) is 0 Å². The molecule has 6 heteroatoms. The van der Waals surface area contributed by atoms with Gasteiger partial charge >= 0.3 is 0 Å². The molecule has 1 amide bonds. The summed E-state index contributed by atoms with van der Waals surface area (Å²) < 4.78 is 13.6. The second-order valence-corrected chi connectivity index (χ2v) is 6.59. The van der Waals surface area contributed by atoms with Gasteiger partial charge in [-0.3, -0.25) is 4.79 Å². The number of pyridine rings is 1. The van der Waals surface area contributed by atoms with Crippen molar-refractivity contribution in [3.8, 4) is 0 Å². The Labute approximate surface area is 125 Å². The molecule has 0 saturated heterocycles. The van der Waals surface area contributed by atoms with Gasteiger partial charge in [-0.1, -0.05) is 0 Å². The molecule has 0 unspecified atom stereocenters. The molecule has 3 N–H and O–H groups in total. The molecule has 0 aliphatic heterocycles. The lowest BCUT2D eigenvalue weighted by Gasteiger charge is -2.22. The van der Waals surface area contributed by atoms with Crippen LogP contribution in [0.3, 0.4) is 0 Å². The van der Waals surface area contributed by atoms with Crippen molar-refractivity contribution in [1.82, 2.24) is 4.98 Å². The first kappa shape index (κ1) is 13.9. The number of carbonyl (C=O) groups is 1. The van der Waals surface area contributed by atoms with Crippen molar-refractivity contribution in [2.75, 3.05) is 5.32 Å². The van der Waals surface area contributed by atoms with Crippen molar-refractivity contribution in [3.63, 3.8) is 0 Å². The molecular weight excluding hydrogens is 325 g/mol. The maximum absolute atomic E-state index is 13.3. The lowest BCUT2D eigenvalue weighted by Crippen LogP contribution is -2.44. The number of amides is 1. The first-order valence-electron chi connectivity index (χ1n) is 6.94. The highest BCUT2D eigenvalue weighted by Crippen LogP contribution is 2.50. The van der Waals surface area contributed by atoms with E-state index in [2.05, 4.69) is 26.2 Å². The van der Waals surface area contributed by atoms with E-state index in [0.717, 1.165) is 0 Å². The molecule has 0 spiro atoms. The largest absolute Gasteiger partial charge is 0.320 e. The van der Waals surface area contributed by atoms with Gasteiger partial charge in [-0.25, -0.2) is 4.98 Å². The molecule has 1 heterocycles. The number of rotatable bonds is 5. The van der Waals surface area contributed by atoms with Crippen LogP contribution in [0, 0.1) is 23.7 Å². The normalized spacial score (nSPS) is 20.0. The molecule has 0 radical (unpaired) electrons. The zero-order valence-corrected chi connectivity index (χ0v) is 12.6. The van der Waals surface area contributed by atoms with Gasteiger partial charge in [0.05, 0.1) is 10.5 Å². The summed E-state index contributed by atoms with van der Waals surface area (Å²) in [5.41, 5.74) is 6.12. The van der Waals surface area contributed by atoms with E-state index in [4.69, 9.17) is 5.73 Å². The van der Waals surface area contributed by atoms with Crippen molar-refractivity contribution in [1.29, 1.82) is 0 Å². The van der Waals surface area contributed by atoms with Crippen molar-refractivity contribution < 1.29 is 9.18 Å². The molecule has 2 aliphatic rings. The van der Waals surface area contributed by atoms with Crippen LogP contribution in [0.2, 0.25) is 0 Å². The van der Waals surface area contributed by atoms with Gasteiger partial charge in [0.15, 0.2) is 0 Å². The smallest absolute Gasteiger partial charge is 0.242 e. The summed E-state index contributed by atoms with van der Waals surface area (Å²) >= 11 is 3.03. The minimum absolute atomic E-state index is 0.205. The molecule has 2 aliphatic carbocycles. The predicted molar refractivity (Wildman–Crippen MR) is 77.4 cm³/mol. The van der Waals surface area contributed by atoms with E-state index in [1.54, 1.807) is 6.07 Å². The molecule has 1 aromatic rings. The van der Waals surface area contributed by atoms with Crippen molar-refractivity contribution in [2.45, 2.75) is 31.7 Å². The minimum atomic E-state index is -0.641. The topological polar surface area (TPSA) is 68.0 Å². The number of nitrogens with two attached hydrogens (primary N) is 1. The Hall–Kier alpha value is -1.01. The number of anilines is 1. The highest BCUT2D eigenvalue weighted by molar-refractivity contribution is 9.10. The minimum Gasteiger partial charge on any atom is -0.320 e. The van der Waals surface area contributed by atoms with Crippen LogP contribution >= 0.6 is 15.9 Å². The fourth-order valence-electron chi connectivity index (χ4n) is 2.80. The number of nitrogens with one attached hydrogen (secondary N) is 1. The van der Waals surface area contributed by atoms with Crippen LogP contribution in [-0.4, -0.2) is 16.9 Å². The predicted octanol–water partition coefficient (Wildman–Crippen LogP) is 2.69. The van der Waals surface area contributed by atoms with Gasteiger partial charge in [0, 0.05) is 0 Å². The van der Waals surface area contributed by atoms with Crippen LogP contribution in [0.15, 0.2) is 16.6 Å². The average Bonchev–Trinajstić information content (AvgIpc) is 3.27. The zero-order valence-electron chi connectivity index (χ0n) is 11.0. The number of carbonyl (C=O) groups excluding carboxylic acids is 1. The van der Waals surface area contributed by atoms with Gasteiger partial charge in [0.25, 0.3) is 0 Å². The summed E-state index contributed by atoms with van der Waals surface area (Å²) in [5.74, 6) is 0.767. The van der Waals surface area contributed by atoms with Gasteiger partial charge in [0.2, 0.25) is 11.9 Å². The van der Waals surface area contributed by atoms with Crippen LogP contribution in [0.1, 0.15) is 25.7 Å². The zero-order chi connectivity index (χ0) is 14.3. The van der Waals surface area contributed by atoms with E-state index in [-0.39, 0.29) is 22.1 Å². The summed E-state index contributed by atoms with van der Waals surface area (Å²) in [6.07, 6.45) is 4.70. The maximum Gasteiger partial charge on any atom is 0.242 e. The van der Waals surface area contributed by atoms with Crippen LogP contribution in [0.25, 0.3) is 0 Å². The Morgan fingerprint density at radius 1 is 1.35 bits per heavy atom. The maximum atomic E-state index is 13.3. The van der Waals surface area contributed by atoms with E-state index in [9.17, 15) is 9.18 Å². The Balaban J connectivity index is 1.66. The molecule has 20 heavy (non-hydrogen) atoms. The Bertz CT molecular complexity index is 519. The van der Waals surface area contributed by atoms with Gasteiger partial charge in [-0.2, -0.15) is 4.39 Å². The first-order chi connectivity index (χ1) is 9.56. The summed E-state index contributed by atoms with van der Waals surface area (Å²) in [5, 5.41) is 2.62. The van der Waals surface area contributed by atoms with Crippen molar-refractivity contribution >= 4 is 27.7 Å².